The maximum absolute atomic E-state index is 12.2. The molecule has 0 spiro atoms. The molecule has 0 saturated carbocycles. The number of fused-ring (bicyclic) bond motifs is 1. The molecular formula is C14H15N5O2. The zero-order valence-corrected chi connectivity index (χ0v) is 11.6. The van der Waals surface area contributed by atoms with Crippen molar-refractivity contribution in [2.24, 2.45) is 5.73 Å². The van der Waals surface area contributed by atoms with Gasteiger partial charge in [0.2, 0.25) is 0 Å². The third-order valence-electron chi connectivity index (χ3n) is 3.29. The molecule has 108 valence electrons. The fourth-order valence-electron chi connectivity index (χ4n) is 2.25. The lowest BCUT2D eigenvalue weighted by Crippen LogP contribution is -2.21. The summed E-state index contributed by atoms with van der Waals surface area (Å²) in [5.41, 5.74) is 7.87. The average Bonchev–Trinajstić information content (AvgIpc) is 2.84. The van der Waals surface area contributed by atoms with E-state index in [0.29, 0.717) is 18.7 Å². The van der Waals surface area contributed by atoms with Gasteiger partial charge in [-0.15, -0.1) is 5.10 Å². The van der Waals surface area contributed by atoms with Crippen LogP contribution in [0.4, 0.5) is 0 Å². The van der Waals surface area contributed by atoms with E-state index in [2.05, 4.69) is 10.1 Å². The van der Waals surface area contributed by atoms with Gasteiger partial charge in [-0.3, -0.25) is 4.98 Å². The number of nitrogens with two attached hydrogens (primary N) is 1. The van der Waals surface area contributed by atoms with Gasteiger partial charge in [-0.05, 0) is 17.7 Å². The first-order chi connectivity index (χ1) is 10.2. The molecule has 0 fully saturated rings. The van der Waals surface area contributed by atoms with E-state index in [1.54, 1.807) is 25.7 Å². The molecule has 0 saturated heterocycles. The van der Waals surface area contributed by atoms with Crippen molar-refractivity contribution in [1.82, 2.24) is 19.2 Å². The lowest BCUT2D eigenvalue weighted by atomic mass is 10.1. The Labute approximate surface area is 120 Å². The number of benzene rings is 1. The molecule has 1 aromatic carbocycles. The molecule has 0 aliphatic carbocycles. The predicted octanol–water partition coefficient (Wildman–Crippen LogP) is 0.407. The Kier molecular flexibility index (Phi) is 3.41. The highest BCUT2D eigenvalue weighted by molar-refractivity contribution is 5.37. The van der Waals surface area contributed by atoms with E-state index in [1.807, 2.05) is 18.2 Å². The minimum atomic E-state index is -0.197. The van der Waals surface area contributed by atoms with Gasteiger partial charge in [0.1, 0.15) is 5.75 Å². The highest BCUT2D eigenvalue weighted by atomic mass is 16.5. The van der Waals surface area contributed by atoms with Crippen LogP contribution < -0.4 is 16.2 Å². The van der Waals surface area contributed by atoms with E-state index < -0.39 is 0 Å². The fourth-order valence-corrected chi connectivity index (χ4v) is 2.25. The number of rotatable bonds is 4. The molecular weight excluding hydrogens is 270 g/mol. The first-order valence-electron chi connectivity index (χ1n) is 6.48. The van der Waals surface area contributed by atoms with Crippen LogP contribution >= 0.6 is 0 Å². The highest BCUT2D eigenvalue weighted by Gasteiger charge is 2.08. The summed E-state index contributed by atoms with van der Waals surface area (Å²) in [5.74, 6) is 0.743. The van der Waals surface area contributed by atoms with Gasteiger partial charge in [0.05, 0.1) is 19.9 Å². The van der Waals surface area contributed by atoms with Gasteiger partial charge in [0, 0.05) is 24.5 Å². The lowest BCUT2D eigenvalue weighted by molar-refractivity contribution is 0.409. The molecule has 0 atom stereocenters. The minimum Gasteiger partial charge on any atom is -0.496 e. The van der Waals surface area contributed by atoms with Gasteiger partial charge in [0.15, 0.2) is 5.65 Å². The summed E-state index contributed by atoms with van der Waals surface area (Å²) in [7, 11) is 1.60. The summed E-state index contributed by atoms with van der Waals surface area (Å²) in [6.07, 6.45) is 4.71. The van der Waals surface area contributed by atoms with Crippen LogP contribution in [0.5, 0.6) is 5.75 Å². The first-order valence-corrected chi connectivity index (χ1v) is 6.48. The highest BCUT2D eigenvalue weighted by Crippen LogP contribution is 2.19. The number of aromatic nitrogens is 4. The molecule has 0 aliphatic rings. The maximum Gasteiger partial charge on any atom is 0.350 e. The van der Waals surface area contributed by atoms with Gasteiger partial charge >= 0.3 is 5.69 Å². The van der Waals surface area contributed by atoms with Crippen LogP contribution in [-0.4, -0.2) is 26.3 Å². The molecule has 2 heterocycles. The molecule has 3 aromatic rings. The molecule has 2 N–H and O–H groups in total. The predicted molar refractivity (Wildman–Crippen MR) is 77.2 cm³/mol. The van der Waals surface area contributed by atoms with E-state index in [-0.39, 0.29) is 5.69 Å². The number of nitrogens with zero attached hydrogens (tertiary/aromatic N) is 4. The standard InChI is InChI=1S/C14H15N5O2/c1-21-12-3-2-10(6-11(12)7-15)9-19-14(20)18-5-4-16-8-13(18)17-19/h2-6,8H,7,9,15H2,1H3. The van der Waals surface area contributed by atoms with Crippen LogP contribution in [0.1, 0.15) is 11.1 Å². The number of methoxy groups -OCH3 is 1. The number of hydrogen-bond donors (Lipinski definition) is 1. The zero-order chi connectivity index (χ0) is 14.8. The molecule has 21 heavy (non-hydrogen) atoms. The maximum atomic E-state index is 12.2. The zero-order valence-electron chi connectivity index (χ0n) is 11.6. The van der Waals surface area contributed by atoms with Crippen molar-refractivity contribution in [2.75, 3.05) is 7.11 Å². The van der Waals surface area contributed by atoms with Gasteiger partial charge < -0.3 is 10.5 Å². The Morgan fingerprint density at radius 2 is 2.24 bits per heavy atom. The van der Waals surface area contributed by atoms with Crippen molar-refractivity contribution in [2.45, 2.75) is 13.1 Å². The minimum absolute atomic E-state index is 0.197. The Morgan fingerprint density at radius 1 is 1.38 bits per heavy atom. The second kappa shape index (κ2) is 5.37. The number of hydrogen-bond acceptors (Lipinski definition) is 5. The molecule has 0 aliphatic heterocycles. The van der Waals surface area contributed by atoms with Crippen molar-refractivity contribution in [3.05, 3.63) is 58.4 Å². The Morgan fingerprint density at radius 3 is 2.95 bits per heavy atom. The summed E-state index contributed by atoms with van der Waals surface area (Å²) >= 11 is 0. The average molecular weight is 285 g/mol. The topological polar surface area (TPSA) is 87.4 Å². The summed E-state index contributed by atoms with van der Waals surface area (Å²) in [6.45, 7) is 0.749. The largest absolute Gasteiger partial charge is 0.496 e. The number of ether oxygens (including phenoxy) is 1. The second-order valence-electron chi connectivity index (χ2n) is 4.60. The van der Waals surface area contributed by atoms with Crippen LogP contribution in [0.25, 0.3) is 5.65 Å². The first kappa shape index (κ1) is 13.3. The SMILES string of the molecule is COc1ccc(Cn2nc3cnccn3c2=O)cc1CN. The van der Waals surface area contributed by atoms with Crippen molar-refractivity contribution in [3.63, 3.8) is 0 Å². The summed E-state index contributed by atoms with van der Waals surface area (Å²) < 4.78 is 8.10. The monoisotopic (exact) mass is 285 g/mol. The lowest BCUT2D eigenvalue weighted by Gasteiger charge is -2.08. The molecule has 7 nitrogen and oxygen atoms in total. The van der Waals surface area contributed by atoms with Crippen LogP contribution in [-0.2, 0) is 13.1 Å². The van der Waals surface area contributed by atoms with E-state index in [0.717, 1.165) is 16.9 Å². The van der Waals surface area contributed by atoms with Crippen LogP contribution in [0.2, 0.25) is 0 Å². The molecule has 0 bridgehead atoms. The van der Waals surface area contributed by atoms with E-state index in [4.69, 9.17) is 10.5 Å². The van der Waals surface area contributed by atoms with Crippen LogP contribution in [0.15, 0.2) is 41.6 Å². The third-order valence-corrected chi connectivity index (χ3v) is 3.29. The van der Waals surface area contributed by atoms with Crippen molar-refractivity contribution >= 4 is 5.65 Å². The summed E-state index contributed by atoms with van der Waals surface area (Å²) in [6, 6.07) is 5.67. The molecule has 7 heteroatoms. The molecule has 0 unspecified atom stereocenters. The fraction of sp³-hybridized carbons (Fsp3) is 0.214. The van der Waals surface area contributed by atoms with Gasteiger partial charge in [-0.25, -0.2) is 13.9 Å². The van der Waals surface area contributed by atoms with Crippen LogP contribution in [0, 0.1) is 0 Å². The Bertz CT molecular complexity index is 837. The van der Waals surface area contributed by atoms with Crippen molar-refractivity contribution in [3.8, 4) is 5.75 Å². The quantitative estimate of drug-likeness (QED) is 0.750. The Balaban J connectivity index is 1.99. The smallest absolute Gasteiger partial charge is 0.350 e. The molecule has 0 radical (unpaired) electrons. The summed E-state index contributed by atoms with van der Waals surface area (Å²) in [4.78, 5) is 16.2. The van der Waals surface area contributed by atoms with Gasteiger partial charge in [-0.1, -0.05) is 6.07 Å². The molecule has 0 amide bonds. The van der Waals surface area contributed by atoms with Crippen molar-refractivity contribution in [1.29, 1.82) is 0 Å². The molecule has 3 rings (SSSR count). The van der Waals surface area contributed by atoms with Gasteiger partial charge in [0.25, 0.3) is 0 Å². The van der Waals surface area contributed by atoms with Crippen LogP contribution in [0.3, 0.4) is 0 Å². The summed E-state index contributed by atoms with van der Waals surface area (Å²) in [5, 5.41) is 4.25. The van der Waals surface area contributed by atoms with Gasteiger partial charge in [-0.2, -0.15) is 0 Å². The van der Waals surface area contributed by atoms with Crippen molar-refractivity contribution < 1.29 is 4.74 Å². The normalized spacial score (nSPS) is 11.0. The Hall–Kier alpha value is -2.67. The van der Waals surface area contributed by atoms with E-state index >= 15 is 0 Å². The molecule has 2 aromatic heterocycles. The van der Waals surface area contributed by atoms with E-state index in [1.165, 1.54) is 9.08 Å². The second-order valence-corrected chi connectivity index (χ2v) is 4.60. The third kappa shape index (κ3) is 2.38. The van der Waals surface area contributed by atoms with E-state index in [9.17, 15) is 4.79 Å².